The lowest BCUT2D eigenvalue weighted by molar-refractivity contribution is 0.0955. The molecule has 4 rings (SSSR count). The lowest BCUT2D eigenvalue weighted by Crippen LogP contribution is -2.21. The summed E-state index contributed by atoms with van der Waals surface area (Å²) in [5.74, 6) is 1.45. The topological polar surface area (TPSA) is 74.6 Å². The van der Waals surface area contributed by atoms with Crippen LogP contribution in [0.2, 0.25) is 5.02 Å². The zero-order valence-electron chi connectivity index (χ0n) is 18.8. The van der Waals surface area contributed by atoms with Crippen molar-refractivity contribution >= 4 is 39.1 Å². The normalized spacial score (nSPS) is 10.9. The monoisotopic (exact) mass is 485 g/mol. The summed E-state index contributed by atoms with van der Waals surface area (Å²) in [6.45, 7) is 2.87. The van der Waals surface area contributed by atoms with E-state index >= 15 is 0 Å². The van der Waals surface area contributed by atoms with Crippen LogP contribution in [0.4, 0.5) is 0 Å². The third-order valence-electron chi connectivity index (χ3n) is 5.25. The Morgan fingerprint density at radius 3 is 2.30 bits per heavy atom. The number of hydrogen-bond acceptors (Lipinski definition) is 6. The van der Waals surface area contributed by atoms with E-state index in [1.807, 2.05) is 54.1 Å². The van der Waals surface area contributed by atoms with Gasteiger partial charge in [0.15, 0.2) is 11.5 Å². The van der Waals surface area contributed by atoms with Gasteiger partial charge in [0.25, 0.3) is 5.91 Å². The molecule has 0 aliphatic rings. The number of nitrogens with zero attached hydrogens (tertiary/aromatic N) is 2. The van der Waals surface area contributed by atoms with Gasteiger partial charge >= 0.3 is 0 Å². The first kappa shape index (κ1) is 22.9. The van der Waals surface area contributed by atoms with Crippen molar-refractivity contribution in [1.29, 1.82) is 0 Å². The van der Waals surface area contributed by atoms with Crippen molar-refractivity contribution in [3.05, 3.63) is 69.2 Å². The lowest BCUT2D eigenvalue weighted by atomic mass is 10.1. The van der Waals surface area contributed by atoms with Crippen molar-refractivity contribution in [1.82, 2.24) is 15.1 Å². The molecule has 0 fully saturated rings. The van der Waals surface area contributed by atoms with Gasteiger partial charge in [-0.3, -0.25) is 9.48 Å². The molecule has 4 aromatic rings. The Morgan fingerprint density at radius 1 is 1.03 bits per heavy atom. The van der Waals surface area contributed by atoms with Crippen molar-refractivity contribution in [2.45, 2.75) is 20.0 Å². The van der Waals surface area contributed by atoms with E-state index in [1.165, 1.54) is 11.3 Å². The number of methoxy groups -OCH3 is 3. The number of nitrogens with one attached hydrogen (secondary N) is 1. The predicted molar refractivity (Wildman–Crippen MR) is 130 cm³/mol. The molecule has 1 N–H and O–H groups in total. The summed E-state index contributed by atoms with van der Waals surface area (Å²) in [4.78, 5) is 14.5. The van der Waals surface area contributed by atoms with Crippen molar-refractivity contribution in [2.75, 3.05) is 21.3 Å². The number of rotatable bonds is 8. The summed E-state index contributed by atoms with van der Waals surface area (Å²) in [5, 5.41) is 9.29. The molecule has 1 amide bonds. The number of ether oxygens (including phenoxy) is 3. The Balaban J connectivity index is 1.52. The van der Waals surface area contributed by atoms with Crippen LogP contribution in [0.15, 0.2) is 42.5 Å². The van der Waals surface area contributed by atoms with Crippen LogP contribution in [0, 0.1) is 6.92 Å². The third kappa shape index (κ3) is 4.77. The Bertz CT molecular complexity index is 1270. The summed E-state index contributed by atoms with van der Waals surface area (Å²) in [7, 11) is 4.68. The summed E-state index contributed by atoms with van der Waals surface area (Å²) in [6.07, 6.45) is 0. The first-order chi connectivity index (χ1) is 15.9. The molecule has 0 radical (unpaired) electrons. The summed E-state index contributed by atoms with van der Waals surface area (Å²) >= 11 is 7.41. The number of aromatic nitrogens is 2. The van der Waals surface area contributed by atoms with Crippen LogP contribution >= 0.6 is 22.9 Å². The van der Waals surface area contributed by atoms with Crippen molar-refractivity contribution in [3.8, 4) is 17.2 Å². The second kappa shape index (κ2) is 9.72. The molecule has 172 valence electrons. The maximum Gasteiger partial charge on any atom is 0.261 e. The maximum atomic E-state index is 12.9. The zero-order valence-corrected chi connectivity index (χ0v) is 20.3. The van der Waals surface area contributed by atoms with E-state index in [-0.39, 0.29) is 5.91 Å². The number of thiophene rings is 1. The van der Waals surface area contributed by atoms with Gasteiger partial charge in [-0.15, -0.1) is 11.3 Å². The fourth-order valence-electron chi connectivity index (χ4n) is 3.60. The number of amides is 1. The highest BCUT2D eigenvalue weighted by molar-refractivity contribution is 7.20. The van der Waals surface area contributed by atoms with Gasteiger partial charge < -0.3 is 19.5 Å². The van der Waals surface area contributed by atoms with E-state index in [4.69, 9.17) is 25.8 Å². The number of carbonyl (C=O) groups is 1. The smallest absolute Gasteiger partial charge is 0.261 e. The van der Waals surface area contributed by atoms with Crippen LogP contribution < -0.4 is 19.5 Å². The SMILES string of the molecule is COc1cc(CNC(=O)c2cc3c(C)nn(Cc4ccc(Cl)cc4)c3s2)cc(OC)c1OC. The third-order valence-corrected chi connectivity index (χ3v) is 6.65. The van der Waals surface area contributed by atoms with Crippen LogP contribution in [0.1, 0.15) is 26.5 Å². The molecule has 0 bridgehead atoms. The first-order valence-corrected chi connectivity index (χ1v) is 11.4. The largest absolute Gasteiger partial charge is 0.493 e. The second-order valence-electron chi connectivity index (χ2n) is 7.42. The molecule has 0 unspecified atom stereocenters. The van der Waals surface area contributed by atoms with E-state index < -0.39 is 0 Å². The number of halogens is 1. The summed E-state index contributed by atoms with van der Waals surface area (Å²) < 4.78 is 18.1. The average Bonchev–Trinajstić information content (AvgIpc) is 3.39. The minimum absolute atomic E-state index is 0.151. The number of benzene rings is 2. The minimum atomic E-state index is -0.151. The van der Waals surface area contributed by atoms with Gasteiger partial charge in [-0.25, -0.2) is 0 Å². The van der Waals surface area contributed by atoms with Crippen LogP contribution in [-0.4, -0.2) is 37.0 Å². The summed E-state index contributed by atoms with van der Waals surface area (Å²) in [6, 6.07) is 13.2. The quantitative estimate of drug-likeness (QED) is 0.377. The molecule has 0 saturated carbocycles. The predicted octanol–water partition coefficient (Wildman–Crippen LogP) is 5.06. The lowest BCUT2D eigenvalue weighted by Gasteiger charge is -2.14. The molecule has 9 heteroatoms. The minimum Gasteiger partial charge on any atom is -0.493 e. The van der Waals surface area contributed by atoms with Crippen molar-refractivity contribution < 1.29 is 19.0 Å². The van der Waals surface area contributed by atoms with Gasteiger partial charge in [-0.1, -0.05) is 23.7 Å². The van der Waals surface area contributed by atoms with Gasteiger partial charge in [0, 0.05) is 17.0 Å². The Labute approximate surface area is 200 Å². The number of hydrogen-bond donors (Lipinski definition) is 1. The molecule has 7 nitrogen and oxygen atoms in total. The second-order valence-corrected chi connectivity index (χ2v) is 8.88. The molecule has 0 saturated heterocycles. The summed E-state index contributed by atoms with van der Waals surface area (Å²) in [5.41, 5.74) is 2.81. The molecular formula is C24H24ClN3O4S. The zero-order chi connectivity index (χ0) is 23.5. The van der Waals surface area contributed by atoms with Crippen LogP contribution in [0.5, 0.6) is 17.2 Å². The Hall–Kier alpha value is -3.23. The van der Waals surface area contributed by atoms with E-state index in [0.717, 1.165) is 27.0 Å². The van der Waals surface area contributed by atoms with Crippen LogP contribution in [0.25, 0.3) is 10.2 Å². The van der Waals surface area contributed by atoms with Crippen molar-refractivity contribution in [2.24, 2.45) is 0 Å². The molecule has 33 heavy (non-hydrogen) atoms. The molecule has 2 heterocycles. The van der Waals surface area contributed by atoms with Gasteiger partial charge in [-0.2, -0.15) is 5.10 Å². The van der Waals surface area contributed by atoms with Gasteiger partial charge in [0.05, 0.1) is 38.4 Å². The molecule has 0 spiro atoms. The maximum absolute atomic E-state index is 12.9. The van der Waals surface area contributed by atoms with E-state index in [1.54, 1.807) is 21.3 Å². The molecular weight excluding hydrogens is 462 g/mol. The first-order valence-electron chi connectivity index (χ1n) is 10.2. The standard InChI is InChI=1S/C24H24ClN3O4S/c1-14-18-11-21(33-24(18)28(27-14)13-15-5-7-17(25)8-6-15)23(29)26-12-16-9-19(30-2)22(32-4)20(10-16)31-3/h5-11H,12-13H2,1-4H3,(H,26,29). The van der Waals surface area contributed by atoms with Gasteiger partial charge in [0.2, 0.25) is 5.75 Å². The van der Waals surface area contributed by atoms with Crippen LogP contribution in [-0.2, 0) is 13.1 Å². The van der Waals surface area contributed by atoms with E-state index in [9.17, 15) is 4.79 Å². The highest BCUT2D eigenvalue weighted by Crippen LogP contribution is 2.38. The highest BCUT2D eigenvalue weighted by atomic mass is 35.5. The van der Waals surface area contributed by atoms with E-state index in [2.05, 4.69) is 10.4 Å². The molecule has 0 aliphatic carbocycles. The Morgan fingerprint density at radius 2 is 1.70 bits per heavy atom. The highest BCUT2D eigenvalue weighted by Gasteiger charge is 2.18. The van der Waals surface area contributed by atoms with E-state index in [0.29, 0.717) is 40.2 Å². The number of aryl methyl sites for hydroxylation is 1. The Kier molecular flexibility index (Phi) is 6.76. The van der Waals surface area contributed by atoms with Gasteiger partial charge in [0.1, 0.15) is 4.83 Å². The van der Waals surface area contributed by atoms with Crippen molar-refractivity contribution in [3.63, 3.8) is 0 Å². The van der Waals surface area contributed by atoms with Crippen LogP contribution in [0.3, 0.4) is 0 Å². The molecule has 2 aromatic carbocycles. The van der Waals surface area contributed by atoms with Gasteiger partial charge in [-0.05, 0) is 48.4 Å². The fourth-order valence-corrected chi connectivity index (χ4v) is 4.80. The number of fused-ring (bicyclic) bond motifs is 1. The fraction of sp³-hybridized carbons (Fsp3) is 0.250. The number of carbonyl (C=O) groups excluding carboxylic acids is 1. The molecule has 0 aliphatic heterocycles. The average molecular weight is 486 g/mol. The molecule has 0 atom stereocenters. The molecule has 2 aromatic heterocycles.